The van der Waals surface area contributed by atoms with Crippen molar-refractivity contribution in [2.45, 2.75) is 39.7 Å². The van der Waals surface area contributed by atoms with Gasteiger partial charge in [0.05, 0.1) is 20.8 Å². The molecule has 0 radical (unpaired) electrons. The molecule has 122 valence electrons. The Balaban J connectivity index is 2.93. The number of hydrogen-bond donors (Lipinski definition) is 2. The smallest absolute Gasteiger partial charge is 0.305 e. The summed E-state index contributed by atoms with van der Waals surface area (Å²) in [6.45, 7) is 3.63. The zero-order chi connectivity index (χ0) is 16.7. The van der Waals surface area contributed by atoms with Crippen LogP contribution in [0.15, 0.2) is 17.7 Å². The lowest BCUT2D eigenvalue weighted by Crippen LogP contribution is -2.01. The van der Waals surface area contributed by atoms with Gasteiger partial charge in [-0.1, -0.05) is 11.6 Å². The molecule has 0 unspecified atom stereocenters. The van der Waals surface area contributed by atoms with Crippen LogP contribution in [0.5, 0.6) is 11.5 Å². The zero-order valence-electron chi connectivity index (χ0n) is 13.6. The van der Waals surface area contributed by atoms with E-state index in [1.807, 2.05) is 19.9 Å². The molecule has 5 nitrogen and oxygen atoms in total. The fourth-order valence-electron chi connectivity index (χ4n) is 2.27. The number of hydrogen-bond acceptors (Lipinski definition) is 5. The van der Waals surface area contributed by atoms with Crippen LogP contribution in [-0.2, 0) is 22.6 Å². The fourth-order valence-corrected chi connectivity index (χ4v) is 2.27. The third-order valence-corrected chi connectivity index (χ3v) is 3.70. The third kappa shape index (κ3) is 4.49. The number of allylic oxidation sites excluding steroid dienone is 2. The van der Waals surface area contributed by atoms with Crippen LogP contribution >= 0.6 is 0 Å². The Morgan fingerprint density at radius 3 is 2.55 bits per heavy atom. The number of aromatic hydroxyl groups is 1. The van der Waals surface area contributed by atoms with Gasteiger partial charge in [0.15, 0.2) is 0 Å². The van der Waals surface area contributed by atoms with Gasteiger partial charge in [-0.2, -0.15) is 0 Å². The van der Waals surface area contributed by atoms with Crippen LogP contribution in [0.3, 0.4) is 0 Å². The summed E-state index contributed by atoms with van der Waals surface area (Å²) in [5.41, 5.74) is 3.17. The summed E-state index contributed by atoms with van der Waals surface area (Å²) in [4.78, 5) is 11.1. The standard InChI is InChI=1S/C17H24O5/c1-11(6-8-16(20)21-3)5-7-14-15(19)9-13(10-18)12(2)17(14)22-4/h5,9,18-19H,6-8,10H2,1-4H3/b11-5+. The molecule has 22 heavy (non-hydrogen) atoms. The molecule has 0 aliphatic rings. The second-order valence-corrected chi connectivity index (χ2v) is 5.18. The first-order valence-electron chi connectivity index (χ1n) is 7.16. The first-order valence-corrected chi connectivity index (χ1v) is 7.16. The molecule has 1 aromatic carbocycles. The average Bonchev–Trinajstić information content (AvgIpc) is 2.52. The van der Waals surface area contributed by atoms with Gasteiger partial charge in [0.25, 0.3) is 0 Å². The maximum atomic E-state index is 11.1. The molecule has 1 rings (SSSR count). The van der Waals surface area contributed by atoms with E-state index in [4.69, 9.17) is 4.74 Å². The average molecular weight is 308 g/mol. The van der Waals surface area contributed by atoms with E-state index < -0.39 is 0 Å². The third-order valence-electron chi connectivity index (χ3n) is 3.70. The van der Waals surface area contributed by atoms with Crippen LogP contribution < -0.4 is 4.74 Å². The van der Waals surface area contributed by atoms with Crippen molar-refractivity contribution in [3.05, 3.63) is 34.4 Å². The van der Waals surface area contributed by atoms with Crippen molar-refractivity contribution >= 4 is 5.97 Å². The number of esters is 1. The van der Waals surface area contributed by atoms with Crippen molar-refractivity contribution < 1.29 is 24.5 Å². The van der Waals surface area contributed by atoms with E-state index in [-0.39, 0.29) is 18.3 Å². The molecule has 0 aromatic heterocycles. The first kappa shape index (κ1) is 18.0. The highest BCUT2D eigenvalue weighted by Crippen LogP contribution is 2.35. The van der Waals surface area contributed by atoms with Crippen molar-refractivity contribution in [2.75, 3.05) is 14.2 Å². The van der Waals surface area contributed by atoms with Crippen LogP contribution in [0.2, 0.25) is 0 Å². The predicted molar refractivity (Wildman–Crippen MR) is 84.0 cm³/mol. The van der Waals surface area contributed by atoms with Crippen LogP contribution in [0, 0.1) is 6.92 Å². The van der Waals surface area contributed by atoms with Gasteiger partial charge in [-0.3, -0.25) is 4.79 Å². The molecule has 2 N–H and O–H groups in total. The Morgan fingerprint density at radius 2 is 2.00 bits per heavy atom. The fraction of sp³-hybridized carbons (Fsp3) is 0.471. The molecule has 1 aromatic rings. The number of phenols is 1. The summed E-state index contributed by atoms with van der Waals surface area (Å²) in [6.07, 6.45) is 3.40. The molecule has 0 bridgehead atoms. The van der Waals surface area contributed by atoms with Gasteiger partial charge in [0.1, 0.15) is 11.5 Å². The van der Waals surface area contributed by atoms with Gasteiger partial charge in [0, 0.05) is 12.0 Å². The first-order chi connectivity index (χ1) is 10.4. The second kappa shape index (κ2) is 8.44. The predicted octanol–water partition coefficient (Wildman–Crippen LogP) is 2.64. The SMILES string of the molecule is COC(=O)CC/C(C)=C/Cc1c(O)cc(CO)c(C)c1OC. The molecule has 0 saturated heterocycles. The van der Waals surface area contributed by atoms with Crippen LogP contribution in [0.25, 0.3) is 0 Å². The number of rotatable bonds is 7. The van der Waals surface area contributed by atoms with Crippen molar-refractivity contribution in [2.24, 2.45) is 0 Å². The van der Waals surface area contributed by atoms with E-state index in [1.165, 1.54) is 7.11 Å². The maximum absolute atomic E-state index is 11.1. The number of carbonyl (C=O) groups excluding carboxylic acids is 1. The summed E-state index contributed by atoms with van der Waals surface area (Å²) < 4.78 is 9.98. The van der Waals surface area contributed by atoms with Crippen molar-refractivity contribution in [3.8, 4) is 11.5 Å². The molecule has 0 amide bonds. The van der Waals surface area contributed by atoms with E-state index >= 15 is 0 Å². The van der Waals surface area contributed by atoms with Gasteiger partial charge in [-0.15, -0.1) is 0 Å². The highest BCUT2D eigenvalue weighted by Gasteiger charge is 2.15. The van der Waals surface area contributed by atoms with Gasteiger partial charge in [0.2, 0.25) is 0 Å². The van der Waals surface area contributed by atoms with E-state index in [1.54, 1.807) is 13.2 Å². The Kier molecular flexibility index (Phi) is 6.92. The lowest BCUT2D eigenvalue weighted by molar-refractivity contribution is -0.140. The van der Waals surface area contributed by atoms with Crippen LogP contribution in [-0.4, -0.2) is 30.4 Å². The molecule has 0 fully saturated rings. The van der Waals surface area contributed by atoms with Crippen LogP contribution in [0.1, 0.15) is 36.5 Å². The van der Waals surface area contributed by atoms with E-state index in [2.05, 4.69) is 4.74 Å². The molecule has 0 aliphatic carbocycles. The van der Waals surface area contributed by atoms with Crippen molar-refractivity contribution in [3.63, 3.8) is 0 Å². The molecular weight excluding hydrogens is 284 g/mol. The number of benzene rings is 1. The van der Waals surface area contributed by atoms with Crippen molar-refractivity contribution in [1.29, 1.82) is 0 Å². The molecule has 0 spiro atoms. The molecule has 0 heterocycles. The van der Waals surface area contributed by atoms with Gasteiger partial charge < -0.3 is 19.7 Å². The summed E-state index contributed by atoms with van der Waals surface area (Å²) in [6, 6.07) is 1.56. The minimum Gasteiger partial charge on any atom is -0.508 e. The summed E-state index contributed by atoms with van der Waals surface area (Å²) in [5.74, 6) is 0.445. The Bertz CT molecular complexity index is 561. The molecule has 0 saturated carbocycles. The molecular formula is C17H24O5. The number of ether oxygens (including phenoxy) is 2. The highest BCUT2D eigenvalue weighted by molar-refractivity contribution is 5.69. The highest BCUT2D eigenvalue weighted by atomic mass is 16.5. The Morgan fingerprint density at radius 1 is 1.32 bits per heavy atom. The zero-order valence-corrected chi connectivity index (χ0v) is 13.6. The van der Waals surface area contributed by atoms with Gasteiger partial charge in [-0.25, -0.2) is 0 Å². The minimum atomic E-state index is -0.240. The number of aliphatic hydroxyl groups is 1. The van der Waals surface area contributed by atoms with Gasteiger partial charge >= 0.3 is 5.97 Å². The molecule has 0 atom stereocenters. The monoisotopic (exact) mass is 308 g/mol. The molecule has 0 aliphatic heterocycles. The van der Waals surface area contributed by atoms with Crippen molar-refractivity contribution in [1.82, 2.24) is 0 Å². The number of methoxy groups -OCH3 is 2. The van der Waals surface area contributed by atoms with Crippen LogP contribution in [0.4, 0.5) is 0 Å². The Labute approximate surface area is 131 Å². The number of aliphatic hydroxyl groups excluding tert-OH is 1. The van der Waals surface area contributed by atoms with E-state index in [0.717, 1.165) is 11.1 Å². The molecule has 5 heteroatoms. The summed E-state index contributed by atoms with van der Waals surface area (Å²) in [7, 11) is 2.91. The summed E-state index contributed by atoms with van der Waals surface area (Å²) >= 11 is 0. The normalized spacial score (nSPS) is 11.4. The maximum Gasteiger partial charge on any atom is 0.305 e. The largest absolute Gasteiger partial charge is 0.508 e. The minimum absolute atomic E-state index is 0.100. The summed E-state index contributed by atoms with van der Waals surface area (Å²) in [5, 5.41) is 19.4. The number of carbonyl (C=O) groups is 1. The quantitative estimate of drug-likeness (QED) is 0.598. The van der Waals surface area contributed by atoms with E-state index in [9.17, 15) is 15.0 Å². The lowest BCUT2D eigenvalue weighted by atomic mass is 9.99. The van der Waals surface area contributed by atoms with E-state index in [0.29, 0.717) is 36.1 Å². The number of phenolic OH excluding ortho intramolecular Hbond substituents is 1. The van der Waals surface area contributed by atoms with Gasteiger partial charge in [-0.05, 0) is 43.9 Å². The second-order valence-electron chi connectivity index (χ2n) is 5.18. The topological polar surface area (TPSA) is 76.0 Å². The lowest BCUT2D eigenvalue weighted by Gasteiger charge is -2.15. The Hall–Kier alpha value is -2.01.